The molecular formula is C14H18O. The van der Waals surface area contributed by atoms with Crippen LogP contribution < -0.4 is 4.74 Å². The van der Waals surface area contributed by atoms with Crippen molar-refractivity contribution < 1.29 is 4.74 Å². The Labute approximate surface area is 91.8 Å². The average molecular weight is 202 g/mol. The van der Waals surface area contributed by atoms with Gasteiger partial charge in [-0.05, 0) is 48.4 Å². The smallest absolute Gasteiger partial charge is 0.118 e. The van der Waals surface area contributed by atoms with Gasteiger partial charge in [-0.15, -0.1) is 0 Å². The number of hydrogen-bond acceptors (Lipinski definition) is 1. The Balaban J connectivity index is 2.16. The number of benzene rings is 1. The van der Waals surface area contributed by atoms with Gasteiger partial charge in [0.1, 0.15) is 5.75 Å². The number of methoxy groups -OCH3 is 1. The molecule has 0 aromatic heterocycles. The van der Waals surface area contributed by atoms with Crippen LogP contribution in [0.4, 0.5) is 0 Å². The summed E-state index contributed by atoms with van der Waals surface area (Å²) in [5, 5.41) is 0. The Morgan fingerprint density at radius 1 is 1.20 bits per heavy atom. The maximum atomic E-state index is 5.15. The highest BCUT2D eigenvalue weighted by molar-refractivity contribution is 5.66. The minimum Gasteiger partial charge on any atom is -0.497 e. The summed E-state index contributed by atoms with van der Waals surface area (Å²) in [5.74, 6) is 1.79. The molecule has 1 aliphatic rings. The zero-order valence-corrected chi connectivity index (χ0v) is 9.49. The first-order chi connectivity index (χ1) is 7.29. The van der Waals surface area contributed by atoms with Gasteiger partial charge in [0.05, 0.1) is 7.11 Å². The maximum Gasteiger partial charge on any atom is 0.118 e. The molecule has 1 nitrogen and oxygen atoms in total. The molecule has 1 aliphatic carbocycles. The summed E-state index contributed by atoms with van der Waals surface area (Å²) in [7, 11) is 1.70. The van der Waals surface area contributed by atoms with E-state index in [0.717, 1.165) is 11.7 Å². The second kappa shape index (κ2) is 4.52. The fraction of sp³-hybridized carbons (Fsp3) is 0.429. The van der Waals surface area contributed by atoms with E-state index in [1.807, 2.05) is 12.1 Å². The molecule has 2 rings (SSSR count). The lowest BCUT2D eigenvalue weighted by Gasteiger charge is -2.18. The lowest BCUT2D eigenvalue weighted by Crippen LogP contribution is -2.00. The Kier molecular flexibility index (Phi) is 3.10. The zero-order chi connectivity index (χ0) is 10.7. The van der Waals surface area contributed by atoms with Crippen LogP contribution in [0.25, 0.3) is 5.57 Å². The average Bonchev–Trinajstić information content (AvgIpc) is 2.30. The topological polar surface area (TPSA) is 9.23 Å². The molecule has 0 spiro atoms. The molecule has 1 aromatic rings. The van der Waals surface area contributed by atoms with Crippen LogP contribution in [-0.4, -0.2) is 7.11 Å². The van der Waals surface area contributed by atoms with E-state index in [1.54, 1.807) is 7.11 Å². The minimum atomic E-state index is 0.854. The van der Waals surface area contributed by atoms with Crippen molar-refractivity contribution in [2.75, 3.05) is 7.11 Å². The third kappa shape index (κ3) is 2.41. The SMILES string of the molecule is COc1ccc(C2=CC[C@H](C)CC2)cc1. The van der Waals surface area contributed by atoms with Gasteiger partial charge in [-0.3, -0.25) is 0 Å². The second-order valence-corrected chi connectivity index (χ2v) is 4.34. The van der Waals surface area contributed by atoms with E-state index in [4.69, 9.17) is 4.74 Å². The molecule has 0 N–H and O–H groups in total. The highest BCUT2D eigenvalue weighted by Gasteiger charge is 2.11. The fourth-order valence-electron chi connectivity index (χ4n) is 2.03. The molecule has 0 saturated heterocycles. The van der Waals surface area contributed by atoms with Crippen molar-refractivity contribution in [1.29, 1.82) is 0 Å². The van der Waals surface area contributed by atoms with Crippen molar-refractivity contribution in [3.05, 3.63) is 35.9 Å². The molecule has 0 radical (unpaired) electrons. The van der Waals surface area contributed by atoms with Crippen LogP contribution >= 0.6 is 0 Å². The number of rotatable bonds is 2. The number of hydrogen-bond donors (Lipinski definition) is 0. The van der Waals surface area contributed by atoms with Crippen LogP contribution in [0.1, 0.15) is 31.7 Å². The van der Waals surface area contributed by atoms with Crippen molar-refractivity contribution in [1.82, 2.24) is 0 Å². The van der Waals surface area contributed by atoms with Gasteiger partial charge in [0.2, 0.25) is 0 Å². The van der Waals surface area contributed by atoms with E-state index in [2.05, 4.69) is 25.1 Å². The van der Waals surface area contributed by atoms with Crippen LogP contribution in [0.5, 0.6) is 5.75 Å². The molecule has 80 valence electrons. The Morgan fingerprint density at radius 2 is 1.93 bits per heavy atom. The second-order valence-electron chi connectivity index (χ2n) is 4.34. The molecule has 1 aromatic carbocycles. The molecule has 0 amide bonds. The zero-order valence-electron chi connectivity index (χ0n) is 9.49. The predicted molar refractivity (Wildman–Crippen MR) is 64.0 cm³/mol. The Bertz CT molecular complexity index is 348. The van der Waals surface area contributed by atoms with E-state index in [-0.39, 0.29) is 0 Å². The monoisotopic (exact) mass is 202 g/mol. The molecule has 15 heavy (non-hydrogen) atoms. The molecule has 1 atom stereocenters. The molecule has 0 unspecified atom stereocenters. The standard InChI is InChI=1S/C14H18O/c1-11-3-5-12(6-4-11)13-7-9-14(15-2)10-8-13/h5,7-11H,3-4,6H2,1-2H3/t11-/m0/s1. The number of ether oxygens (including phenoxy) is 1. The highest BCUT2D eigenvalue weighted by atomic mass is 16.5. The lowest BCUT2D eigenvalue weighted by molar-refractivity contribution is 0.414. The van der Waals surface area contributed by atoms with Crippen molar-refractivity contribution >= 4 is 5.57 Å². The van der Waals surface area contributed by atoms with Gasteiger partial charge >= 0.3 is 0 Å². The maximum absolute atomic E-state index is 5.15. The van der Waals surface area contributed by atoms with Gasteiger partial charge in [0.15, 0.2) is 0 Å². The quantitative estimate of drug-likeness (QED) is 0.706. The lowest BCUT2D eigenvalue weighted by atomic mass is 9.88. The predicted octanol–water partition coefficient (Wildman–Crippen LogP) is 3.90. The van der Waals surface area contributed by atoms with Crippen molar-refractivity contribution in [3.8, 4) is 5.75 Å². The largest absolute Gasteiger partial charge is 0.497 e. The van der Waals surface area contributed by atoms with Gasteiger partial charge in [-0.2, -0.15) is 0 Å². The summed E-state index contributed by atoms with van der Waals surface area (Å²) < 4.78 is 5.15. The van der Waals surface area contributed by atoms with Crippen LogP contribution in [0.3, 0.4) is 0 Å². The van der Waals surface area contributed by atoms with Crippen LogP contribution in [-0.2, 0) is 0 Å². The Morgan fingerprint density at radius 3 is 2.47 bits per heavy atom. The minimum absolute atomic E-state index is 0.854. The molecule has 0 fully saturated rings. The first-order valence-electron chi connectivity index (χ1n) is 5.63. The van der Waals surface area contributed by atoms with Crippen LogP contribution in [0.15, 0.2) is 30.3 Å². The van der Waals surface area contributed by atoms with E-state index in [1.165, 1.54) is 30.4 Å². The first kappa shape index (κ1) is 10.3. The molecule has 0 bridgehead atoms. The first-order valence-corrected chi connectivity index (χ1v) is 5.63. The van der Waals surface area contributed by atoms with Gasteiger partial charge in [0.25, 0.3) is 0 Å². The van der Waals surface area contributed by atoms with E-state index >= 15 is 0 Å². The summed E-state index contributed by atoms with van der Waals surface area (Å²) in [6.07, 6.45) is 6.14. The summed E-state index contributed by atoms with van der Waals surface area (Å²) in [6, 6.07) is 8.38. The third-order valence-electron chi connectivity index (χ3n) is 3.13. The van der Waals surface area contributed by atoms with Crippen molar-refractivity contribution in [3.63, 3.8) is 0 Å². The van der Waals surface area contributed by atoms with Gasteiger partial charge in [-0.25, -0.2) is 0 Å². The summed E-state index contributed by atoms with van der Waals surface area (Å²) in [6.45, 7) is 2.32. The van der Waals surface area contributed by atoms with Gasteiger partial charge < -0.3 is 4.74 Å². The summed E-state index contributed by atoms with van der Waals surface area (Å²) >= 11 is 0. The summed E-state index contributed by atoms with van der Waals surface area (Å²) in [4.78, 5) is 0. The van der Waals surface area contributed by atoms with Crippen molar-refractivity contribution in [2.24, 2.45) is 5.92 Å². The van der Waals surface area contributed by atoms with Crippen molar-refractivity contribution in [2.45, 2.75) is 26.2 Å². The summed E-state index contributed by atoms with van der Waals surface area (Å²) in [5.41, 5.74) is 2.85. The Hall–Kier alpha value is -1.24. The third-order valence-corrected chi connectivity index (χ3v) is 3.13. The van der Waals surface area contributed by atoms with E-state index in [0.29, 0.717) is 0 Å². The molecule has 0 saturated carbocycles. The molecule has 0 aliphatic heterocycles. The van der Waals surface area contributed by atoms with E-state index < -0.39 is 0 Å². The van der Waals surface area contributed by atoms with Gasteiger partial charge in [0, 0.05) is 0 Å². The van der Waals surface area contributed by atoms with E-state index in [9.17, 15) is 0 Å². The molecule has 1 heteroatoms. The molecule has 0 heterocycles. The highest BCUT2D eigenvalue weighted by Crippen LogP contribution is 2.30. The fourth-order valence-corrected chi connectivity index (χ4v) is 2.03. The normalized spacial score (nSPS) is 20.9. The number of allylic oxidation sites excluding steroid dienone is 2. The van der Waals surface area contributed by atoms with Gasteiger partial charge in [-0.1, -0.05) is 25.1 Å². The molecular weight excluding hydrogens is 184 g/mol. The van der Waals surface area contributed by atoms with Crippen LogP contribution in [0, 0.1) is 5.92 Å². The van der Waals surface area contributed by atoms with Crippen LogP contribution in [0.2, 0.25) is 0 Å².